The minimum atomic E-state index is -0.672. The third-order valence-electron chi connectivity index (χ3n) is 6.26. The summed E-state index contributed by atoms with van der Waals surface area (Å²) in [7, 11) is 1.34. The number of carbonyl (C=O) groups excluding carboxylic acids is 1. The zero-order valence-electron chi connectivity index (χ0n) is 20.6. The van der Waals surface area contributed by atoms with Crippen LogP contribution in [0.5, 0.6) is 5.75 Å². The predicted octanol–water partition coefficient (Wildman–Crippen LogP) is 5.67. The number of hydrogen-bond acceptors (Lipinski definition) is 4. The summed E-state index contributed by atoms with van der Waals surface area (Å²) in [5, 5.41) is 0. The molecule has 0 spiro atoms. The predicted molar refractivity (Wildman–Crippen MR) is 141 cm³/mol. The van der Waals surface area contributed by atoms with Crippen molar-refractivity contribution in [3.8, 4) is 5.75 Å². The van der Waals surface area contributed by atoms with E-state index in [1.54, 1.807) is 6.92 Å². The van der Waals surface area contributed by atoms with E-state index in [-0.39, 0.29) is 11.5 Å². The number of aromatic nitrogens is 1. The van der Waals surface area contributed by atoms with E-state index in [0.29, 0.717) is 12.2 Å². The Morgan fingerprint density at radius 2 is 1.50 bits per heavy atom. The molecule has 3 aromatic carbocycles. The molecule has 0 saturated carbocycles. The molecule has 1 atom stereocenters. The van der Waals surface area contributed by atoms with Gasteiger partial charge in [0.1, 0.15) is 5.75 Å². The summed E-state index contributed by atoms with van der Waals surface area (Å²) >= 11 is 0. The third-order valence-corrected chi connectivity index (χ3v) is 6.26. The molecule has 0 bridgehead atoms. The Morgan fingerprint density at radius 1 is 0.833 bits per heavy atom. The average molecular weight is 482 g/mol. The van der Waals surface area contributed by atoms with Gasteiger partial charge in [-0.2, -0.15) is 0 Å². The fraction of sp³-hybridized carbons (Fsp3) is 0.226. The molecule has 0 saturated heterocycles. The van der Waals surface area contributed by atoms with Crippen LogP contribution in [-0.2, 0) is 22.4 Å². The zero-order valence-corrected chi connectivity index (χ0v) is 20.6. The van der Waals surface area contributed by atoms with Crippen LogP contribution >= 0.6 is 0 Å². The van der Waals surface area contributed by atoms with Crippen molar-refractivity contribution >= 4 is 5.97 Å². The fourth-order valence-electron chi connectivity index (χ4n) is 4.45. The summed E-state index contributed by atoms with van der Waals surface area (Å²) < 4.78 is 10.4. The number of carbonyl (C=O) groups is 1. The van der Waals surface area contributed by atoms with Crippen LogP contribution in [0.1, 0.15) is 47.1 Å². The van der Waals surface area contributed by atoms with Gasteiger partial charge >= 0.3 is 5.97 Å². The molecule has 0 unspecified atom stereocenters. The van der Waals surface area contributed by atoms with Crippen molar-refractivity contribution in [1.29, 1.82) is 0 Å². The number of hydrogen-bond donors (Lipinski definition) is 1. The van der Waals surface area contributed by atoms with E-state index in [0.717, 1.165) is 29.5 Å². The van der Waals surface area contributed by atoms with E-state index in [1.165, 1.54) is 18.2 Å². The zero-order chi connectivity index (χ0) is 25.3. The van der Waals surface area contributed by atoms with Gasteiger partial charge in [-0.1, -0.05) is 72.8 Å². The SMILES string of the molecule is COC(=O)[C@H](C)Oc1cccc(CCCc2cc(C(c3ccccc3)c3ccccc3)c[nH]c2=O)c1. The second-order valence-corrected chi connectivity index (χ2v) is 8.83. The first kappa shape index (κ1) is 25.0. The molecular formula is C31H31NO4. The standard InChI is InChI=1S/C31H31NO4/c1-22(31(34)35-2)36-28-18-10-12-23(19-28)11-9-17-26-20-27(21-32-30(26)33)29(24-13-5-3-6-14-24)25-15-7-4-8-16-25/h3-8,10,12-16,18-22,29H,9,11,17H2,1-2H3,(H,32,33)/t22-/m0/s1. The second kappa shape index (κ2) is 12.0. The normalized spacial score (nSPS) is 11.8. The van der Waals surface area contributed by atoms with Crippen LogP contribution < -0.4 is 10.3 Å². The van der Waals surface area contributed by atoms with Gasteiger partial charge in [-0.05, 0) is 66.6 Å². The first-order valence-electron chi connectivity index (χ1n) is 12.2. The van der Waals surface area contributed by atoms with Crippen LogP contribution in [0.2, 0.25) is 0 Å². The number of esters is 1. The Bertz CT molecular complexity index is 1290. The number of rotatable bonds is 10. The summed E-state index contributed by atoms with van der Waals surface area (Å²) in [6.07, 6.45) is 3.41. The lowest BCUT2D eigenvalue weighted by molar-refractivity contribution is -0.147. The van der Waals surface area contributed by atoms with Gasteiger partial charge in [0.2, 0.25) is 0 Å². The maximum absolute atomic E-state index is 12.7. The molecule has 1 heterocycles. The van der Waals surface area contributed by atoms with Gasteiger partial charge in [-0.25, -0.2) is 4.79 Å². The molecular weight excluding hydrogens is 450 g/mol. The van der Waals surface area contributed by atoms with Gasteiger partial charge in [0, 0.05) is 17.7 Å². The molecule has 4 aromatic rings. The van der Waals surface area contributed by atoms with Crippen molar-refractivity contribution in [2.75, 3.05) is 7.11 Å². The minimum Gasteiger partial charge on any atom is -0.479 e. The number of pyridine rings is 1. The number of aryl methyl sites for hydroxylation is 2. The summed E-state index contributed by atoms with van der Waals surface area (Å²) in [5.41, 5.74) is 5.23. The lowest BCUT2D eigenvalue weighted by Crippen LogP contribution is -2.24. The summed E-state index contributed by atoms with van der Waals surface area (Å²) in [4.78, 5) is 27.3. The number of nitrogens with one attached hydrogen (secondary N) is 1. The fourth-order valence-corrected chi connectivity index (χ4v) is 4.45. The van der Waals surface area contributed by atoms with Crippen LogP contribution in [0.3, 0.4) is 0 Å². The second-order valence-electron chi connectivity index (χ2n) is 8.83. The Balaban J connectivity index is 1.49. The maximum Gasteiger partial charge on any atom is 0.346 e. The van der Waals surface area contributed by atoms with Gasteiger partial charge in [0.15, 0.2) is 6.10 Å². The van der Waals surface area contributed by atoms with Crippen LogP contribution in [0.25, 0.3) is 0 Å². The Hall–Kier alpha value is -4.12. The molecule has 1 N–H and O–H groups in total. The number of methoxy groups -OCH3 is 1. The van der Waals surface area contributed by atoms with E-state index in [9.17, 15) is 9.59 Å². The molecule has 5 heteroatoms. The van der Waals surface area contributed by atoms with Crippen molar-refractivity contribution in [2.45, 2.75) is 38.2 Å². The van der Waals surface area contributed by atoms with Gasteiger partial charge in [0.05, 0.1) is 7.11 Å². The van der Waals surface area contributed by atoms with Crippen molar-refractivity contribution in [3.05, 3.63) is 135 Å². The molecule has 0 radical (unpaired) electrons. The van der Waals surface area contributed by atoms with E-state index >= 15 is 0 Å². The Kier molecular flexibility index (Phi) is 8.35. The minimum absolute atomic E-state index is 0.0358. The van der Waals surface area contributed by atoms with Gasteiger partial charge < -0.3 is 14.5 Å². The number of aromatic amines is 1. The lowest BCUT2D eigenvalue weighted by Gasteiger charge is -2.19. The molecule has 36 heavy (non-hydrogen) atoms. The third kappa shape index (κ3) is 6.30. The van der Waals surface area contributed by atoms with E-state index in [4.69, 9.17) is 9.47 Å². The van der Waals surface area contributed by atoms with Gasteiger partial charge in [-0.3, -0.25) is 4.79 Å². The van der Waals surface area contributed by atoms with Crippen LogP contribution in [0, 0.1) is 0 Å². The monoisotopic (exact) mass is 481 g/mol. The van der Waals surface area contributed by atoms with Crippen molar-refractivity contribution in [1.82, 2.24) is 4.98 Å². The molecule has 184 valence electrons. The Morgan fingerprint density at radius 3 is 2.14 bits per heavy atom. The topological polar surface area (TPSA) is 68.4 Å². The molecule has 4 rings (SSSR count). The highest BCUT2D eigenvalue weighted by molar-refractivity contribution is 5.74. The summed E-state index contributed by atoms with van der Waals surface area (Å²) in [5.74, 6) is 0.247. The summed E-state index contributed by atoms with van der Waals surface area (Å²) in [6.45, 7) is 1.66. The van der Waals surface area contributed by atoms with Crippen molar-refractivity contribution in [3.63, 3.8) is 0 Å². The number of H-pyrrole nitrogens is 1. The van der Waals surface area contributed by atoms with E-state index in [2.05, 4.69) is 29.2 Å². The van der Waals surface area contributed by atoms with Gasteiger partial charge in [0.25, 0.3) is 5.56 Å². The molecule has 1 aromatic heterocycles. The van der Waals surface area contributed by atoms with Crippen LogP contribution in [0.4, 0.5) is 0 Å². The first-order valence-corrected chi connectivity index (χ1v) is 12.2. The highest BCUT2D eigenvalue weighted by atomic mass is 16.6. The largest absolute Gasteiger partial charge is 0.479 e. The molecule has 0 amide bonds. The van der Waals surface area contributed by atoms with E-state index in [1.807, 2.05) is 72.9 Å². The lowest BCUT2D eigenvalue weighted by atomic mass is 9.85. The first-order chi connectivity index (χ1) is 17.5. The number of benzene rings is 3. The summed E-state index contributed by atoms with van der Waals surface area (Å²) in [6, 6.07) is 30.4. The quantitative estimate of drug-likeness (QED) is 0.296. The van der Waals surface area contributed by atoms with Crippen LogP contribution in [0.15, 0.2) is 102 Å². The highest BCUT2D eigenvalue weighted by Crippen LogP contribution is 2.31. The van der Waals surface area contributed by atoms with Gasteiger partial charge in [-0.15, -0.1) is 0 Å². The highest BCUT2D eigenvalue weighted by Gasteiger charge is 2.18. The number of ether oxygens (including phenoxy) is 2. The molecule has 0 aliphatic rings. The molecule has 0 aliphatic heterocycles. The molecule has 5 nitrogen and oxygen atoms in total. The van der Waals surface area contributed by atoms with E-state index < -0.39 is 12.1 Å². The smallest absolute Gasteiger partial charge is 0.346 e. The molecule has 0 aliphatic carbocycles. The Labute approximate surface area is 211 Å². The average Bonchev–Trinajstić information content (AvgIpc) is 2.91. The van der Waals surface area contributed by atoms with Crippen molar-refractivity contribution < 1.29 is 14.3 Å². The molecule has 0 fully saturated rings. The van der Waals surface area contributed by atoms with Crippen LogP contribution in [-0.4, -0.2) is 24.2 Å². The maximum atomic E-state index is 12.7. The van der Waals surface area contributed by atoms with Crippen molar-refractivity contribution in [2.24, 2.45) is 0 Å².